The molecule has 0 radical (unpaired) electrons. The van der Waals surface area contributed by atoms with Gasteiger partial charge in [0.05, 0.1) is 0 Å². The van der Waals surface area contributed by atoms with Crippen LogP contribution in [-0.4, -0.2) is 18.5 Å². The normalized spacial score (nSPS) is 22.1. The summed E-state index contributed by atoms with van der Waals surface area (Å²) in [5.41, 5.74) is 8.34. The lowest BCUT2D eigenvalue weighted by atomic mass is 10.0. The van der Waals surface area contributed by atoms with Gasteiger partial charge in [-0.3, -0.25) is 0 Å². The fraction of sp³-hybridized carbons (Fsp3) is 0.412. The van der Waals surface area contributed by atoms with E-state index < -0.39 is 0 Å². The monoisotopic (exact) mass is 254 g/mol. The van der Waals surface area contributed by atoms with Crippen molar-refractivity contribution in [1.82, 2.24) is 4.90 Å². The van der Waals surface area contributed by atoms with Crippen LogP contribution in [0.25, 0.3) is 10.8 Å². The Hall–Kier alpha value is -1.54. The molecule has 2 heteroatoms. The van der Waals surface area contributed by atoms with Crippen molar-refractivity contribution in [2.75, 3.05) is 19.3 Å². The van der Waals surface area contributed by atoms with Gasteiger partial charge in [0.1, 0.15) is 0 Å². The minimum atomic E-state index is 0.895. The van der Waals surface area contributed by atoms with E-state index in [4.69, 9.17) is 5.73 Å². The molecule has 1 saturated carbocycles. The minimum Gasteiger partial charge on any atom is -0.398 e. The van der Waals surface area contributed by atoms with Crippen LogP contribution in [0.15, 0.2) is 36.4 Å². The van der Waals surface area contributed by atoms with E-state index in [2.05, 4.69) is 55.3 Å². The predicted molar refractivity (Wildman–Crippen MR) is 82.0 cm³/mol. The largest absolute Gasteiger partial charge is 0.398 e. The van der Waals surface area contributed by atoms with Gasteiger partial charge in [0, 0.05) is 18.8 Å². The topological polar surface area (TPSA) is 29.3 Å². The van der Waals surface area contributed by atoms with Crippen molar-refractivity contribution in [3.8, 4) is 0 Å². The van der Waals surface area contributed by atoms with Gasteiger partial charge in [-0.15, -0.1) is 0 Å². The third-order valence-corrected chi connectivity index (χ3v) is 4.27. The molecule has 0 saturated heterocycles. The number of benzene rings is 2. The molecule has 2 unspecified atom stereocenters. The van der Waals surface area contributed by atoms with E-state index in [9.17, 15) is 0 Å². The summed E-state index contributed by atoms with van der Waals surface area (Å²) in [6.07, 6.45) is 1.39. The van der Waals surface area contributed by atoms with Gasteiger partial charge in [0.2, 0.25) is 0 Å². The number of hydrogen-bond donors (Lipinski definition) is 1. The van der Waals surface area contributed by atoms with Crippen molar-refractivity contribution in [1.29, 1.82) is 0 Å². The standard InChI is InChI=1S/C17H22N2/c1-12-7-15(12)10-19(2)11-16-8-13-5-3-4-6-14(13)9-17(16)18/h3-6,8-9,12,15H,7,10-11,18H2,1-2H3. The smallest absolute Gasteiger partial charge is 0.0366 e. The molecule has 2 aromatic rings. The van der Waals surface area contributed by atoms with Crippen LogP contribution in [0.3, 0.4) is 0 Å². The van der Waals surface area contributed by atoms with Gasteiger partial charge < -0.3 is 10.6 Å². The molecule has 100 valence electrons. The van der Waals surface area contributed by atoms with E-state index in [-0.39, 0.29) is 0 Å². The number of nitrogens with zero attached hydrogens (tertiary/aromatic N) is 1. The first-order valence-corrected chi connectivity index (χ1v) is 7.09. The predicted octanol–water partition coefficient (Wildman–Crippen LogP) is 3.51. The first kappa shape index (κ1) is 12.5. The molecule has 2 N–H and O–H groups in total. The number of nitrogen functional groups attached to an aromatic ring is 1. The van der Waals surface area contributed by atoms with Crippen LogP contribution < -0.4 is 5.73 Å². The van der Waals surface area contributed by atoms with Crippen molar-refractivity contribution in [3.63, 3.8) is 0 Å². The second kappa shape index (κ2) is 4.86. The molecule has 0 spiro atoms. The summed E-state index contributed by atoms with van der Waals surface area (Å²) in [6, 6.07) is 12.7. The maximum atomic E-state index is 6.18. The summed E-state index contributed by atoms with van der Waals surface area (Å²) in [4.78, 5) is 2.40. The van der Waals surface area contributed by atoms with Crippen molar-refractivity contribution < 1.29 is 0 Å². The lowest BCUT2D eigenvalue weighted by Crippen LogP contribution is -2.21. The summed E-state index contributed by atoms with van der Waals surface area (Å²) >= 11 is 0. The van der Waals surface area contributed by atoms with E-state index in [0.29, 0.717) is 0 Å². The molecule has 0 aliphatic heterocycles. The third-order valence-electron chi connectivity index (χ3n) is 4.27. The minimum absolute atomic E-state index is 0.895. The fourth-order valence-corrected chi connectivity index (χ4v) is 2.85. The lowest BCUT2D eigenvalue weighted by molar-refractivity contribution is 0.308. The molecule has 0 amide bonds. The van der Waals surface area contributed by atoms with Crippen molar-refractivity contribution in [3.05, 3.63) is 42.0 Å². The molecule has 2 atom stereocenters. The molecule has 19 heavy (non-hydrogen) atoms. The Bertz CT molecular complexity index is 591. The van der Waals surface area contributed by atoms with Gasteiger partial charge in [-0.2, -0.15) is 0 Å². The molecular weight excluding hydrogens is 232 g/mol. The Morgan fingerprint density at radius 1 is 1.21 bits per heavy atom. The summed E-state index contributed by atoms with van der Waals surface area (Å²) < 4.78 is 0. The Morgan fingerprint density at radius 2 is 1.84 bits per heavy atom. The number of hydrogen-bond acceptors (Lipinski definition) is 2. The molecule has 0 aromatic heterocycles. The van der Waals surface area contributed by atoms with Crippen LogP contribution >= 0.6 is 0 Å². The maximum Gasteiger partial charge on any atom is 0.0366 e. The van der Waals surface area contributed by atoms with Gasteiger partial charge in [-0.05, 0) is 53.8 Å². The zero-order valence-electron chi connectivity index (χ0n) is 11.8. The zero-order chi connectivity index (χ0) is 13.4. The third kappa shape index (κ3) is 2.74. The molecule has 0 bridgehead atoms. The van der Waals surface area contributed by atoms with E-state index >= 15 is 0 Å². The van der Waals surface area contributed by atoms with Crippen LogP contribution in [0.4, 0.5) is 5.69 Å². The van der Waals surface area contributed by atoms with Gasteiger partial charge in [-0.25, -0.2) is 0 Å². The SMILES string of the molecule is CC1CC1CN(C)Cc1cc2ccccc2cc1N. The van der Waals surface area contributed by atoms with Crippen molar-refractivity contribution in [2.24, 2.45) is 11.8 Å². The van der Waals surface area contributed by atoms with Crippen LogP contribution in [0, 0.1) is 11.8 Å². The van der Waals surface area contributed by atoms with Crippen LogP contribution in [0.1, 0.15) is 18.9 Å². The quantitative estimate of drug-likeness (QED) is 0.846. The average Bonchev–Trinajstić information content (AvgIpc) is 3.05. The summed E-state index contributed by atoms with van der Waals surface area (Å²) in [5.74, 6) is 1.81. The Kier molecular flexibility index (Phi) is 3.19. The molecule has 1 aliphatic rings. The number of rotatable bonds is 4. The zero-order valence-corrected chi connectivity index (χ0v) is 11.8. The number of fused-ring (bicyclic) bond motifs is 1. The Morgan fingerprint density at radius 3 is 2.47 bits per heavy atom. The van der Waals surface area contributed by atoms with Crippen molar-refractivity contribution in [2.45, 2.75) is 19.9 Å². The highest BCUT2D eigenvalue weighted by atomic mass is 15.1. The van der Waals surface area contributed by atoms with Crippen LogP contribution in [-0.2, 0) is 6.54 Å². The number of nitrogens with two attached hydrogens (primary N) is 1. The highest BCUT2D eigenvalue weighted by Crippen LogP contribution is 2.38. The fourth-order valence-electron chi connectivity index (χ4n) is 2.85. The first-order valence-electron chi connectivity index (χ1n) is 7.09. The van der Waals surface area contributed by atoms with Crippen LogP contribution in [0.5, 0.6) is 0 Å². The van der Waals surface area contributed by atoms with E-state index in [1.165, 1.54) is 29.3 Å². The molecule has 0 heterocycles. The molecule has 1 fully saturated rings. The molecule has 2 nitrogen and oxygen atoms in total. The lowest BCUT2D eigenvalue weighted by Gasteiger charge is -2.18. The highest BCUT2D eigenvalue weighted by molar-refractivity contribution is 5.86. The number of anilines is 1. The Balaban J connectivity index is 1.77. The molecule has 2 aromatic carbocycles. The summed E-state index contributed by atoms with van der Waals surface area (Å²) in [5, 5.41) is 2.50. The maximum absolute atomic E-state index is 6.18. The van der Waals surface area contributed by atoms with Gasteiger partial charge in [0.25, 0.3) is 0 Å². The van der Waals surface area contributed by atoms with E-state index in [1.54, 1.807) is 0 Å². The van der Waals surface area contributed by atoms with Crippen molar-refractivity contribution >= 4 is 16.5 Å². The summed E-state index contributed by atoms with van der Waals surface area (Å²) in [6.45, 7) is 4.47. The van der Waals surface area contributed by atoms with E-state index in [1.807, 2.05) is 0 Å². The second-order valence-electron chi connectivity index (χ2n) is 6.07. The van der Waals surface area contributed by atoms with Gasteiger partial charge >= 0.3 is 0 Å². The molecular formula is C17H22N2. The molecule has 3 rings (SSSR count). The highest BCUT2D eigenvalue weighted by Gasteiger charge is 2.33. The molecule has 1 aliphatic carbocycles. The van der Waals surface area contributed by atoms with Gasteiger partial charge in [0.15, 0.2) is 0 Å². The van der Waals surface area contributed by atoms with Crippen LogP contribution in [0.2, 0.25) is 0 Å². The second-order valence-corrected chi connectivity index (χ2v) is 6.07. The summed E-state index contributed by atoms with van der Waals surface area (Å²) in [7, 11) is 2.19. The Labute approximate surface area is 115 Å². The van der Waals surface area contributed by atoms with Gasteiger partial charge in [-0.1, -0.05) is 31.2 Å². The van der Waals surface area contributed by atoms with E-state index in [0.717, 1.165) is 24.1 Å². The first-order chi connectivity index (χ1) is 9.13. The average molecular weight is 254 g/mol.